The van der Waals surface area contributed by atoms with Crippen molar-refractivity contribution in [3.8, 4) is 0 Å². The number of hydrogen-bond acceptors (Lipinski definition) is 2. The Balaban J connectivity index is 1.53. The molecule has 0 spiro atoms. The third-order valence-corrected chi connectivity index (χ3v) is 5.27. The lowest BCUT2D eigenvalue weighted by molar-refractivity contribution is -0.00845. The van der Waals surface area contributed by atoms with Gasteiger partial charge in [0.2, 0.25) is 0 Å². The minimum atomic E-state index is -0.455. The standard InChI is InChI=1S/C18H27NO/c1-14-8-10-18(20,11-9-14)13-19-17-7-6-15-4-2-3-5-16(15)12-17/h2-5,14,17,19-20H,6-13H2,1H3. The van der Waals surface area contributed by atoms with Crippen molar-refractivity contribution in [3.05, 3.63) is 35.4 Å². The highest BCUT2D eigenvalue weighted by atomic mass is 16.3. The van der Waals surface area contributed by atoms with Gasteiger partial charge in [0, 0.05) is 12.6 Å². The number of aliphatic hydroxyl groups is 1. The molecule has 2 aliphatic rings. The summed E-state index contributed by atoms with van der Waals surface area (Å²) in [6.07, 6.45) is 7.75. The van der Waals surface area contributed by atoms with Crippen LogP contribution in [0.15, 0.2) is 24.3 Å². The van der Waals surface area contributed by atoms with Gasteiger partial charge in [-0.05, 0) is 62.0 Å². The van der Waals surface area contributed by atoms with Crippen molar-refractivity contribution in [2.24, 2.45) is 5.92 Å². The largest absolute Gasteiger partial charge is 0.389 e. The molecule has 1 aromatic rings. The van der Waals surface area contributed by atoms with Crippen molar-refractivity contribution in [2.75, 3.05) is 6.54 Å². The summed E-state index contributed by atoms with van der Waals surface area (Å²) in [6, 6.07) is 9.31. The summed E-state index contributed by atoms with van der Waals surface area (Å²) in [5.74, 6) is 0.789. The molecule has 0 amide bonds. The van der Waals surface area contributed by atoms with E-state index in [2.05, 4.69) is 36.5 Å². The smallest absolute Gasteiger partial charge is 0.0771 e. The maximum atomic E-state index is 10.7. The molecule has 2 heteroatoms. The van der Waals surface area contributed by atoms with E-state index in [9.17, 15) is 5.11 Å². The van der Waals surface area contributed by atoms with Crippen LogP contribution in [0.25, 0.3) is 0 Å². The molecule has 2 nitrogen and oxygen atoms in total. The van der Waals surface area contributed by atoms with Crippen molar-refractivity contribution in [1.29, 1.82) is 0 Å². The Morgan fingerprint density at radius 1 is 1.15 bits per heavy atom. The molecule has 0 heterocycles. The van der Waals surface area contributed by atoms with Gasteiger partial charge in [0.25, 0.3) is 0 Å². The van der Waals surface area contributed by atoms with Gasteiger partial charge in [-0.25, -0.2) is 0 Å². The Bertz CT molecular complexity index is 448. The highest BCUT2D eigenvalue weighted by Crippen LogP contribution is 2.31. The molecule has 1 fully saturated rings. The predicted octanol–water partition coefficient (Wildman–Crippen LogP) is 3.07. The van der Waals surface area contributed by atoms with E-state index >= 15 is 0 Å². The van der Waals surface area contributed by atoms with E-state index in [1.54, 1.807) is 0 Å². The van der Waals surface area contributed by atoms with Crippen LogP contribution in [0, 0.1) is 5.92 Å². The fourth-order valence-corrected chi connectivity index (χ4v) is 3.68. The molecule has 1 saturated carbocycles. The van der Waals surface area contributed by atoms with E-state index in [1.807, 2.05) is 0 Å². The molecule has 0 saturated heterocycles. The molecule has 1 unspecified atom stereocenters. The fraction of sp³-hybridized carbons (Fsp3) is 0.667. The van der Waals surface area contributed by atoms with Crippen LogP contribution in [0.3, 0.4) is 0 Å². The third kappa shape index (κ3) is 3.24. The summed E-state index contributed by atoms with van der Waals surface area (Å²) in [6.45, 7) is 3.07. The average Bonchev–Trinajstić information content (AvgIpc) is 2.48. The molecule has 1 aromatic carbocycles. The Hall–Kier alpha value is -0.860. The van der Waals surface area contributed by atoms with Crippen LogP contribution in [0.2, 0.25) is 0 Å². The Morgan fingerprint density at radius 2 is 1.85 bits per heavy atom. The quantitative estimate of drug-likeness (QED) is 0.887. The molecule has 0 aromatic heterocycles. The lowest BCUT2D eigenvalue weighted by Crippen LogP contribution is -2.47. The normalized spacial score (nSPS) is 33.7. The summed E-state index contributed by atoms with van der Waals surface area (Å²) in [5, 5.41) is 14.3. The first-order chi connectivity index (χ1) is 9.65. The van der Waals surface area contributed by atoms with Crippen LogP contribution in [0.4, 0.5) is 0 Å². The van der Waals surface area contributed by atoms with E-state index in [0.717, 1.165) is 31.7 Å². The molecular weight excluding hydrogens is 246 g/mol. The summed E-state index contributed by atoms with van der Waals surface area (Å²) < 4.78 is 0. The second-order valence-corrected chi connectivity index (χ2v) is 7.00. The van der Waals surface area contributed by atoms with Crippen molar-refractivity contribution in [1.82, 2.24) is 5.32 Å². The minimum Gasteiger partial charge on any atom is -0.389 e. The minimum absolute atomic E-state index is 0.455. The van der Waals surface area contributed by atoms with Crippen molar-refractivity contribution in [3.63, 3.8) is 0 Å². The summed E-state index contributed by atoms with van der Waals surface area (Å²) in [7, 11) is 0. The van der Waals surface area contributed by atoms with Gasteiger partial charge in [-0.1, -0.05) is 31.2 Å². The molecule has 20 heavy (non-hydrogen) atoms. The molecule has 2 N–H and O–H groups in total. The number of benzene rings is 1. The van der Waals surface area contributed by atoms with Crippen LogP contribution in [-0.4, -0.2) is 23.3 Å². The fourth-order valence-electron chi connectivity index (χ4n) is 3.68. The summed E-state index contributed by atoms with van der Waals surface area (Å²) in [5.41, 5.74) is 2.54. The monoisotopic (exact) mass is 273 g/mol. The van der Waals surface area contributed by atoms with Crippen molar-refractivity contribution >= 4 is 0 Å². The Morgan fingerprint density at radius 3 is 2.60 bits per heavy atom. The second-order valence-electron chi connectivity index (χ2n) is 7.00. The molecule has 0 bridgehead atoms. The van der Waals surface area contributed by atoms with Crippen molar-refractivity contribution in [2.45, 2.75) is 63.5 Å². The zero-order valence-electron chi connectivity index (χ0n) is 12.6. The molecule has 0 radical (unpaired) electrons. The van der Waals surface area contributed by atoms with Crippen LogP contribution < -0.4 is 5.32 Å². The third-order valence-electron chi connectivity index (χ3n) is 5.27. The first-order valence-corrected chi connectivity index (χ1v) is 8.17. The van der Waals surface area contributed by atoms with Gasteiger partial charge >= 0.3 is 0 Å². The maximum absolute atomic E-state index is 10.7. The number of hydrogen-bond donors (Lipinski definition) is 2. The molecule has 110 valence electrons. The molecule has 2 aliphatic carbocycles. The number of rotatable bonds is 3. The molecule has 3 rings (SSSR count). The first-order valence-electron chi connectivity index (χ1n) is 8.17. The topological polar surface area (TPSA) is 32.3 Å². The molecular formula is C18H27NO. The maximum Gasteiger partial charge on any atom is 0.0771 e. The second kappa shape index (κ2) is 5.87. The van der Waals surface area contributed by atoms with Gasteiger partial charge in [0.15, 0.2) is 0 Å². The highest BCUT2D eigenvalue weighted by Gasteiger charge is 2.32. The van der Waals surface area contributed by atoms with Crippen LogP contribution in [0.5, 0.6) is 0 Å². The zero-order chi connectivity index (χ0) is 14.0. The van der Waals surface area contributed by atoms with Crippen LogP contribution in [-0.2, 0) is 12.8 Å². The lowest BCUT2D eigenvalue weighted by Gasteiger charge is -2.37. The van der Waals surface area contributed by atoms with E-state index in [4.69, 9.17) is 0 Å². The van der Waals surface area contributed by atoms with E-state index in [1.165, 1.54) is 36.8 Å². The van der Waals surface area contributed by atoms with Gasteiger partial charge in [0.1, 0.15) is 0 Å². The van der Waals surface area contributed by atoms with Gasteiger partial charge in [0.05, 0.1) is 5.60 Å². The Kier molecular flexibility index (Phi) is 4.13. The van der Waals surface area contributed by atoms with Gasteiger partial charge < -0.3 is 10.4 Å². The summed E-state index contributed by atoms with van der Waals surface area (Å²) in [4.78, 5) is 0. The average molecular weight is 273 g/mol. The van der Waals surface area contributed by atoms with E-state index in [-0.39, 0.29) is 0 Å². The molecule has 0 aliphatic heterocycles. The van der Waals surface area contributed by atoms with Gasteiger partial charge in [-0.15, -0.1) is 0 Å². The van der Waals surface area contributed by atoms with E-state index < -0.39 is 5.60 Å². The first kappa shape index (κ1) is 14.1. The number of fused-ring (bicyclic) bond motifs is 1. The van der Waals surface area contributed by atoms with Crippen molar-refractivity contribution < 1.29 is 5.11 Å². The highest BCUT2D eigenvalue weighted by molar-refractivity contribution is 5.30. The number of nitrogens with one attached hydrogen (secondary N) is 1. The molecule has 1 atom stereocenters. The Labute approximate surface area is 122 Å². The van der Waals surface area contributed by atoms with Crippen LogP contribution >= 0.6 is 0 Å². The SMILES string of the molecule is CC1CCC(O)(CNC2CCc3ccccc3C2)CC1. The zero-order valence-corrected chi connectivity index (χ0v) is 12.6. The van der Waals surface area contributed by atoms with Gasteiger partial charge in [-0.3, -0.25) is 0 Å². The van der Waals surface area contributed by atoms with E-state index in [0.29, 0.717) is 6.04 Å². The van der Waals surface area contributed by atoms with Crippen LogP contribution in [0.1, 0.15) is 50.2 Å². The summed E-state index contributed by atoms with van der Waals surface area (Å²) >= 11 is 0. The number of aryl methyl sites for hydroxylation is 1. The lowest BCUT2D eigenvalue weighted by atomic mass is 9.79. The van der Waals surface area contributed by atoms with Gasteiger partial charge in [-0.2, -0.15) is 0 Å². The predicted molar refractivity (Wildman–Crippen MR) is 82.8 cm³/mol.